The highest BCUT2D eigenvalue weighted by Gasteiger charge is 2.16. The zero-order chi connectivity index (χ0) is 13.8. The number of pyridine rings is 1. The Labute approximate surface area is 109 Å². The third-order valence-corrected chi connectivity index (χ3v) is 2.44. The summed E-state index contributed by atoms with van der Waals surface area (Å²) in [5.41, 5.74) is 6.20. The van der Waals surface area contributed by atoms with Crippen molar-refractivity contribution in [3.8, 4) is 11.5 Å². The van der Waals surface area contributed by atoms with Crippen molar-refractivity contribution < 1.29 is 9.53 Å². The van der Waals surface area contributed by atoms with E-state index in [1.54, 1.807) is 22.9 Å². The van der Waals surface area contributed by atoms with Gasteiger partial charge in [0.1, 0.15) is 18.1 Å². The number of hydrogen-bond acceptors (Lipinski definition) is 7. The van der Waals surface area contributed by atoms with Gasteiger partial charge in [-0.3, -0.25) is 4.79 Å². The van der Waals surface area contributed by atoms with Crippen LogP contribution in [0.5, 0.6) is 0 Å². The van der Waals surface area contributed by atoms with Crippen molar-refractivity contribution in [3.05, 3.63) is 18.2 Å². The number of aromatic nitrogens is 5. The first kappa shape index (κ1) is 12.9. The predicted molar refractivity (Wildman–Crippen MR) is 66.8 cm³/mol. The number of tetrazole rings is 1. The second-order valence-electron chi connectivity index (χ2n) is 4.05. The first-order valence-electron chi connectivity index (χ1n) is 5.72. The summed E-state index contributed by atoms with van der Waals surface area (Å²) >= 11 is 0. The summed E-state index contributed by atoms with van der Waals surface area (Å²) < 4.78 is 6.49. The molecule has 0 amide bonds. The Hall–Kier alpha value is -2.51. The zero-order valence-electron chi connectivity index (χ0n) is 10.6. The minimum absolute atomic E-state index is 0.190. The third-order valence-electron chi connectivity index (χ3n) is 2.44. The second kappa shape index (κ2) is 5.42. The number of anilines is 1. The highest BCUT2D eigenvalue weighted by atomic mass is 16.5. The van der Waals surface area contributed by atoms with Gasteiger partial charge in [-0.15, -0.1) is 5.10 Å². The molecule has 0 saturated heterocycles. The van der Waals surface area contributed by atoms with Gasteiger partial charge in [0, 0.05) is 6.92 Å². The lowest BCUT2D eigenvalue weighted by Crippen LogP contribution is -2.17. The van der Waals surface area contributed by atoms with Crippen molar-refractivity contribution >= 4 is 11.8 Å². The Morgan fingerprint density at radius 3 is 3.00 bits per heavy atom. The quantitative estimate of drug-likeness (QED) is 0.796. The van der Waals surface area contributed by atoms with Gasteiger partial charge < -0.3 is 10.5 Å². The van der Waals surface area contributed by atoms with Crippen molar-refractivity contribution in [2.45, 2.75) is 19.9 Å². The van der Waals surface area contributed by atoms with E-state index < -0.39 is 0 Å². The monoisotopic (exact) mass is 262 g/mol. The van der Waals surface area contributed by atoms with Crippen LogP contribution in [-0.4, -0.2) is 37.8 Å². The van der Waals surface area contributed by atoms with Gasteiger partial charge in [-0.2, -0.15) is 0 Å². The molecule has 2 aromatic heterocycles. The number of carbonyl (C=O) groups is 1. The molecule has 2 rings (SSSR count). The van der Waals surface area contributed by atoms with Crippen LogP contribution in [-0.2, 0) is 9.53 Å². The molecule has 8 heteroatoms. The van der Waals surface area contributed by atoms with Crippen LogP contribution in [0, 0.1) is 0 Å². The van der Waals surface area contributed by atoms with Crippen LogP contribution in [0.3, 0.4) is 0 Å². The van der Waals surface area contributed by atoms with E-state index in [0.29, 0.717) is 17.3 Å². The number of rotatable bonds is 4. The third kappa shape index (κ3) is 3.03. The van der Waals surface area contributed by atoms with Crippen LogP contribution in [0.2, 0.25) is 0 Å². The number of carbonyl (C=O) groups excluding carboxylic acids is 1. The SMILES string of the molecule is CC(=O)OC[C@@H](C)n1nnnc1-c1cccc(N)n1. The summed E-state index contributed by atoms with van der Waals surface area (Å²) in [4.78, 5) is 15.0. The maximum atomic E-state index is 10.8. The van der Waals surface area contributed by atoms with Crippen molar-refractivity contribution in [1.29, 1.82) is 0 Å². The van der Waals surface area contributed by atoms with E-state index in [9.17, 15) is 4.79 Å². The molecular weight excluding hydrogens is 248 g/mol. The van der Waals surface area contributed by atoms with Crippen molar-refractivity contribution in [1.82, 2.24) is 25.2 Å². The molecule has 0 radical (unpaired) electrons. The molecule has 0 aliphatic heterocycles. The van der Waals surface area contributed by atoms with Gasteiger partial charge in [-0.05, 0) is 29.5 Å². The van der Waals surface area contributed by atoms with Gasteiger partial charge >= 0.3 is 5.97 Å². The molecule has 0 aromatic carbocycles. The largest absolute Gasteiger partial charge is 0.464 e. The normalized spacial score (nSPS) is 12.1. The smallest absolute Gasteiger partial charge is 0.302 e. The molecule has 100 valence electrons. The highest BCUT2D eigenvalue weighted by Crippen LogP contribution is 2.17. The average molecular weight is 262 g/mol. The van der Waals surface area contributed by atoms with E-state index >= 15 is 0 Å². The fourth-order valence-electron chi connectivity index (χ4n) is 1.54. The van der Waals surface area contributed by atoms with E-state index in [2.05, 4.69) is 20.5 Å². The Kier molecular flexibility index (Phi) is 3.69. The lowest BCUT2D eigenvalue weighted by molar-refractivity contribution is -0.142. The number of ether oxygens (including phenoxy) is 1. The van der Waals surface area contributed by atoms with Crippen LogP contribution in [0.25, 0.3) is 11.5 Å². The van der Waals surface area contributed by atoms with Crippen LogP contribution in [0.1, 0.15) is 19.9 Å². The first-order valence-corrected chi connectivity index (χ1v) is 5.72. The molecular formula is C11H14N6O2. The number of esters is 1. The minimum Gasteiger partial charge on any atom is -0.464 e. The number of nitrogen functional groups attached to an aromatic ring is 1. The molecule has 8 nitrogen and oxygen atoms in total. The fourth-order valence-corrected chi connectivity index (χ4v) is 1.54. The Bertz CT molecular complexity index is 582. The standard InChI is InChI=1S/C11H14N6O2/c1-7(6-19-8(2)18)17-11(14-15-16-17)9-4-3-5-10(12)13-9/h3-5,7H,6H2,1-2H3,(H2,12,13)/t7-/m1/s1. The molecule has 2 aromatic rings. The molecule has 2 N–H and O–H groups in total. The molecule has 2 heterocycles. The molecule has 0 fully saturated rings. The molecule has 19 heavy (non-hydrogen) atoms. The molecule has 0 bridgehead atoms. The number of nitrogens with zero attached hydrogens (tertiary/aromatic N) is 5. The predicted octanol–water partition coefficient (Wildman–Crippen LogP) is 0.441. The van der Waals surface area contributed by atoms with Crippen LogP contribution in [0.15, 0.2) is 18.2 Å². The van der Waals surface area contributed by atoms with E-state index in [1.807, 2.05) is 6.92 Å². The van der Waals surface area contributed by atoms with Crippen LogP contribution < -0.4 is 5.73 Å². The molecule has 0 spiro atoms. The maximum Gasteiger partial charge on any atom is 0.302 e. The first-order chi connectivity index (χ1) is 9.08. The lowest BCUT2D eigenvalue weighted by atomic mass is 10.3. The van der Waals surface area contributed by atoms with E-state index in [0.717, 1.165) is 0 Å². The summed E-state index contributed by atoms with van der Waals surface area (Å²) in [5.74, 6) is 0.523. The Morgan fingerprint density at radius 2 is 2.32 bits per heavy atom. The van der Waals surface area contributed by atoms with Gasteiger partial charge in [0.25, 0.3) is 0 Å². The van der Waals surface area contributed by atoms with E-state index in [1.165, 1.54) is 6.92 Å². The van der Waals surface area contributed by atoms with Crippen molar-refractivity contribution in [2.24, 2.45) is 0 Å². The van der Waals surface area contributed by atoms with Crippen molar-refractivity contribution in [2.75, 3.05) is 12.3 Å². The van der Waals surface area contributed by atoms with Gasteiger partial charge in [0.05, 0.1) is 6.04 Å². The molecule has 0 saturated carbocycles. The van der Waals surface area contributed by atoms with E-state index in [4.69, 9.17) is 10.5 Å². The molecule has 0 unspecified atom stereocenters. The summed E-state index contributed by atoms with van der Waals surface area (Å²) in [5, 5.41) is 11.4. The topological polar surface area (TPSA) is 109 Å². The van der Waals surface area contributed by atoms with E-state index in [-0.39, 0.29) is 18.6 Å². The summed E-state index contributed by atoms with van der Waals surface area (Å²) in [6, 6.07) is 5.02. The van der Waals surface area contributed by atoms with Gasteiger partial charge in [-0.1, -0.05) is 6.07 Å². The molecule has 0 aliphatic rings. The summed E-state index contributed by atoms with van der Waals surface area (Å²) in [6.07, 6.45) is 0. The number of nitrogens with two attached hydrogens (primary N) is 1. The maximum absolute atomic E-state index is 10.8. The zero-order valence-corrected chi connectivity index (χ0v) is 10.6. The summed E-state index contributed by atoms with van der Waals surface area (Å²) in [6.45, 7) is 3.39. The van der Waals surface area contributed by atoms with Gasteiger partial charge in [-0.25, -0.2) is 9.67 Å². The van der Waals surface area contributed by atoms with Crippen LogP contribution >= 0.6 is 0 Å². The Balaban J connectivity index is 2.24. The summed E-state index contributed by atoms with van der Waals surface area (Å²) in [7, 11) is 0. The average Bonchev–Trinajstić information content (AvgIpc) is 2.85. The highest BCUT2D eigenvalue weighted by molar-refractivity contribution is 5.65. The molecule has 1 atom stereocenters. The van der Waals surface area contributed by atoms with Gasteiger partial charge in [0.15, 0.2) is 0 Å². The fraction of sp³-hybridized carbons (Fsp3) is 0.364. The van der Waals surface area contributed by atoms with Crippen molar-refractivity contribution in [3.63, 3.8) is 0 Å². The minimum atomic E-state index is -0.344. The second-order valence-corrected chi connectivity index (χ2v) is 4.05. The van der Waals surface area contributed by atoms with Gasteiger partial charge in [0.2, 0.25) is 5.82 Å². The molecule has 0 aliphatic carbocycles. The van der Waals surface area contributed by atoms with Crippen LogP contribution in [0.4, 0.5) is 5.82 Å². The Morgan fingerprint density at radius 1 is 1.53 bits per heavy atom. The number of hydrogen-bond donors (Lipinski definition) is 1. The lowest BCUT2D eigenvalue weighted by Gasteiger charge is -2.12.